The molecule has 4 heteroatoms. The molecular formula is C8H14O4. The summed E-state index contributed by atoms with van der Waals surface area (Å²) in [6.07, 6.45) is 1.24. The van der Waals surface area contributed by atoms with Crippen LogP contribution in [0.25, 0.3) is 0 Å². The Morgan fingerprint density at radius 3 is 2.17 bits per heavy atom. The summed E-state index contributed by atoms with van der Waals surface area (Å²) in [5, 5.41) is 8.08. The van der Waals surface area contributed by atoms with Gasteiger partial charge in [0.2, 0.25) is 0 Å². The van der Waals surface area contributed by atoms with Gasteiger partial charge >= 0.3 is 5.97 Å². The van der Waals surface area contributed by atoms with E-state index in [1.807, 2.05) is 13.8 Å². The van der Waals surface area contributed by atoms with E-state index in [1.54, 1.807) is 0 Å². The van der Waals surface area contributed by atoms with Crippen LogP contribution in [0.4, 0.5) is 0 Å². The van der Waals surface area contributed by atoms with Crippen molar-refractivity contribution in [2.24, 2.45) is 0 Å². The SMILES string of the molecule is CCOCC.O=C(O)C1=COC1. The molecule has 0 amide bonds. The molecule has 1 heterocycles. The van der Waals surface area contributed by atoms with Crippen LogP contribution in [-0.2, 0) is 14.3 Å². The molecule has 0 spiro atoms. The molecule has 1 rings (SSSR count). The Morgan fingerprint density at radius 2 is 2.17 bits per heavy atom. The second kappa shape index (κ2) is 6.67. The number of hydrogen-bond acceptors (Lipinski definition) is 3. The van der Waals surface area contributed by atoms with E-state index >= 15 is 0 Å². The minimum Gasteiger partial charge on any atom is -0.495 e. The molecule has 12 heavy (non-hydrogen) atoms. The van der Waals surface area contributed by atoms with Crippen LogP contribution in [0.5, 0.6) is 0 Å². The summed E-state index contributed by atoms with van der Waals surface area (Å²) in [6.45, 7) is 5.93. The van der Waals surface area contributed by atoms with Crippen LogP contribution in [0.2, 0.25) is 0 Å². The molecule has 0 saturated heterocycles. The van der Waals surface area contributed by atoms with E-state index in [-0.39, 0.29) is 6.61 Å². The summed E-state index contributed by atoms with van der Waals surface area (Å²) >= 11 is 0. The van der Waals surface area contributed by atoms with E-state index < -0.39 is 5.97 Å². The van der Waals surface area contributed by atoms with Crippen LogP contribution in [0.15, 0.2) is 11.8 Å². The average Bonchev–Trinajstić information content (AvgIpc) is 1.85. The molecule has 0 aliphatic carbocycles. The Hall–Kier alpha value is -1.03. The molecule has 70 valence electrons. The Balaban J connectivity index is 0.000000217. The van der Waals surface area contributed by atoms with Crippen LogP contribution in [0, 0.1) is 0 Å². The molecule has 0 saturated carbocycles. The number of carbonyl (C=O) groups is 1. The Kier molecular flexibility index (Phi) is 6.09. The van der Waals surface area contributed by atoms with Crippen LogP contribution >= 0.6 is 0 Å². The molecule has 0 unspecified atom stereocenters. The summed E-state index contributed by atoms with van der Waals surface area (Å²) in [6, 6.07) is 0. The lowest BCUT2D eigenvalue weighted by molar-refractivity contribution is -0.134. The van der Waals surface area contributed by atoms with Crippen molar-refractivity contribution in [1.82, 2.24) is 0 Å². The highest BCUT2D eigenvalue weighted by molar-refractivity contribution is 5.87. The molecule has 0 bridgehead atoms. The smallest absolute Gasteiger partial charge is 0.338 e. The van der Waals surface area contributed by atoms with Crippen molar-refractivity contribution in [3.63, 3.8) is 0 Å². The van der Waals surface area contributed by atoms with Crippen molar-refractivity contribution in [3.05, 3.63) is 11.8 Å². The number of rotatable bonds is 3. The van der Waals surface area contributed by atoms with E-state index in [0.29, 0.717) is 5.57 Å². The predicted molar refractivity (Wildman–Crippen MR) is 43.8 cm³/mol. The zero-order valence-electron chi connectivity index (χ0n) is 7.37. The molecule has 1 aliphatic rings. The molecule has 0 fully saturated rings. The minimum atomic E-state index is -0.883. The largest absolute Gasteiger partial charge is 0.495 e. The summed E-state index contributed by atoms with van der Waals surface area (Å²) in [7, 11) is 0. The van der Waals surface area contributed by atoms with Crippen molar-refractivity contribution in [1.29, 1.82) is 0 Å². The normalized spacial score (nSPS) is 13.0. The Bertz CT molecular complexity index is 160. The number of hydrogen-bond donors (Lipinski definition) is 1. The van der Waals surface area contributed by atoms with Crippen molar-refractivity contribution >= 4 is 5.97 Å². The molecule has 0 aromatic rings. The van der Waals surface area contributed by atoms with Crippen LogP contribution in [-0.4, -0.2) is 30.9 Å². The molecule has 0 aromatic carbocycles. The van der Waals surface area contributed by atoms with Crippen molar-refractivity contribution in [3.8, 4) is 0 Å². The minimum absolute atomic E-state index is 0.259. The zero-order chi connectivity index (χ0) is 9.40. The van der Waals surface area contributed by atoms with Gasteiger partial charge in [0, 0.05) is 13.2 Å². The van der Waals surface area contributed by atoms with Gasteiger partial charge in [-0.05, 0) is 13.8 Å². The van der Waals surface area contributed by atoms with Gasteiger partial charge in [0.05, 0.1) is 6.26 Å². The van der Waals surface area contributed by atoms with Crippen molar-refractivity contribution < 1.29 is 19.4 Å². The highest BCUT2D eigenvalue weighted by Crippen LogP contribution is 2.05. The fraction of sp³-hybridized carbons (Fsp3) is 0.625. The number of carboxylic acids is 1. The third-order valence-electron chi connectivity index (χ3n) is 1.15. The fourth-order valence-corrected chi connectivity index (χ4v) is 0.483. The summed E-state index contributed by atoms with van der Waals surface area (Å²) in [4.78, 5) is 9.83. The van der Waals surface area contributed by atoms with Crippen molar-refractivity contribution in [2.75, 3.05) is 19.8 Å². The fourth-order valence-electron chi connectivity index (χ4n) is 0.483. The van der Waals surface area contributed by atoms with Crippen molar-refractivity contribution in [2.45, 2.75) is 13.8 Å². The summed E-state index contributed by atoms with van der Waals surface area (Å²) in [5.74, 6) is -0.883. The predicted octanol–water partition coefficient (Wildman–Crippen LogP) is 1.03. The third kappa shape index (κ3) is 4.73. The van der Waals surface area contributed by atoms with Crippen LogP contribution in [0.3, 0.4) is 0 Å². The summed E-state index contributed by atoms with van der Waals surface area (Å²) < 4.78 is 9.29. The lowest BCUT2D eigenvalue weighted by Gasteiger charge is -2.09. The van der Waals surface area contributed by atoms with Gasteiger partial charge in [0.1, 0.15) is 12.2 Å². The molecule has 0 radical (unpaired) electrons. The van der Waals surface area contributed by atoms with Gasteiger partial charge in [0.25, 0.3) is 0 Å². The first-order chi connectivity index (χ1) is 5.72. The average molecular weight is 174 g/mol. The highest BCUT2D eigenvalue weighted by Gasteiger charge is 2.13. The molecule has 1 aliphatic heterocycles. The lowest BCUT2D eigenvalue weighted by Crippen LogP contribution is -2.13. The van der Waals surface area contributed by atoms with Gasteiger partial charge in [-0.1, -0.05) is 0 Å². The van der Waals surface area contributed by atoms with Crippen LogP contribution in [0.1, 0.15) is 13.8 Å². The monoisotopic (exact) mass is 174 g/mol. The first-order valence-electron chi connectivity index (χ1n) is 3.84. The molecular weight excluding hydrogens is 160 g/mol. The first-order valence-corrected chi connectivity index (χ1v) is 3.84. The zero-order valence-corrected chi connectivity index (χ0v) is 7.37. The van der Waals surface area contributed by atoms with Gasteiger partial charge in [-0.2, -0.15) is 0 Å². The Morgan fingerprint density at radius 1 is 1.67 bits per heavy atom. The molecule has 1 N–H and O–H groups in total. The standard InChI is InChI=1S/C4H4O3.C4H10O/c5-4(6)3-1-7-2-3;1-3-5-4-2/h1H,2H2,(H,5,6);3-4H2,1-2H3. The number of carboxylic acid groups (broad SMARTS) is 1. The number of aliphatic carboxylic acids is 1. The second-order valence-electron chi connectivity index (χ2n) is 2.04. The van der Waals surface area contributed by atoms with Gasteiger partial charge in [-0.25, -0.2) is 4.79 Å². The van der Waals surface area contributed by atoms with Gasteiger partial charge < -0.3 is 14.6 Å². The molecule has 4 nitrogen and oxygen atoms in total. The number of ether oxygens (including phenoxy) is 2. The maximum absolute atomic E-state index is 9.83. The third-order valence-corrected chi connectivity index (χ3v) is 1.15. The van der Waals surface area contributed by atoms with Gasteiger partial charge in [-0.15, -0.1) is 0 Å². The summed E-state index contributed by atoms with van der Waals surface area (Å²) in [5.41, 5.74) is 0.347. The highest BCUT2D eigenvalue weighted by atomic mass is 16.5. The van der Waals surface area contributed by atoms with E-state index in [4.69, 9.17) is 9.84 Å². The molecule has 0 atom stereocenters. The molecule has 0 aromatic heterocycles. The quantitative estimate of drug-likeness (QED) is 0.694. The van der Waals surface area contributed by atoms with E-state index in [0.717, 1.165) is 13.2 Å². The Labute approximate surface area is 71.8 Å². The van der Waals surface area contributed by atoms with E-state index in [9.17, 15) is 4.79 Å². The maximum Gasteiger partial charge on any atom is 0.338 e. The van der Waals surface area contributed by atoms with Gasteiger partial charge in [0.15, 0.2) is 0 Å². The topological polar surface area (TPSA) is 55.8 Å². The second-order valence-corrected chi connectivity index (χ2v) is 2.04. The first kappa shape index (κ1) is 11.0. The maximum atomic E-state index is 9.83. The van der Waals surface area contributed by atoms with E-state index in [1.165, 1.54) is 6.26 Å². The van der Waals surface area contributed by atoms with Gasteiger partial charge in [-0.3, -0.25) is 0 Å². The van der Waals surface area contributed by atoms with E-state index in [2.05, 4.69) is 4.74 Å². The van der Waals surface area contributed by atoms with Crippen LogP contribution < -0.4 is 0 Å². The lowest BCUT2D eigenvalue weighted by atomic mass is 10.3.